The van der Waals surface area contributed by atoms with Crippen molar-refractivity contribution in [3.63, 3.8) is 0 Å². The largest absolute Gasteiger partial charge is 0.240 e. The molecule has 1 atom stereocenters. The van der Waals surface area contributed by atoms with Gasteiger partial charge in [-0.15, -0.1) is 6.42 Å². The third-order valence-electron chi connectivity index (χ3n) is 1.22. The normalized spacial score (nSPS) is 12.0. The average Bonchev–Trinajstić information content (AvgIpc) is 2.05. The molecule has 0 aliphatic carbocycles. The predicted molar refractivity (Wildman–Crippen MR) is 39.3 cm³/mol. The lowest BCUT2D eigenvalue weighted by molar-refractivity contribution is 0.865. The van der Waals surface area contributed by atoms with Crippen LogP contribution in [0, 0.1) is 12.3 Å². The topological polar surface area (TPSA) is 25.8 Å². The van der Waals surface area contributed by atoms with Gasteiger partial charge in [-0.1, -0.05) is 5.92 Å². The number of hydrogen-bond acceptors (Lipinski definition) is 2. The van der Waals surface area contributed by atoms with Gasteiger partial charge in [0.25, 0.3) is 0 Å². The first-order valence-corrected chi connectivity index (χ1v) is 3.07. The van der Waals surface area contributed by atoms with Gasteiger partial charge in [-0.3, -0.25) is 0 Å². The second kappa shape index (κ2) is 2.98. The molecule has 2 nitrogen and oxygen atoms in total. The second-order valence-corrected chi connectivity index (χ2v) is 2.00. The highest BCUT2D eigenvalue weighted by molar-refractivity contribution is 5.09. The molecule has 0 saturated carbocycles. The van der Waals surface area contributed by atoms with E-state index in [2.05, 4.69) is 15.9 Å². The molecule has 10 heavy (non-hydrogen) atoms. The van der Waals surface area contributed by atoms with Crippen molar-refractivity contribution in [1.82, 2.24) is 9.97 Å². The Morgan fingerprint density at radius 1 is 1.50 bits per heavy atom. The minimum Gasteiger partial charge on any atom is -0.240 e. The van der Waals surface area contributed by atoms with Crippen molar-refractivity contribution in [2.75, 3.05) is 0 Å². The van der Waals surface area contributed by atoms with Gasteiger partial charge in [0.1, 0.15) is 5.82 Å². The maximum atomic E-state index is 5.17. The molecule has 1 aromatic rings. The van der Waals surface area contributed by atoms with Crippen molar-refractivity contribution in [2.24, 2.45) is 0 Å². The van der Waals surface area contributed by atoms with E-state index in [0.29, 0.717) is 5.82 Å². The predicted octanol–water partition coefficient (Wildman–Crippen LogP) is 1.21. The standard InChI is InChI=1S/C8H8N2/c1-3-7(2)8-9-5-4-6-10-8/h1,4-7H,2H3. The third-order valence-corrected chi connectivity index (χ3v) is 1.22. The first kappa shape index (κ1) is 6.76. The van der Waals surface area contributed by atoms with E-state index in [4.69, 9.17) is 6.42 Å². The highest BCUT2D eigenvalue weighted by Gasteiger charge is 2.00. The molecule has 1 unspecified atom stereocenters. The van der Waals surface area contributed by atoms with Crippen LogP contribution in [0.5, 0.6) is 0 Å². The number of nitrogens with zero attached hydrogens (tertiary/aromatic N) is 2. The summed E-state index contributed by atoms with van der Waals surface area (Å²) in [7, 11) is 0. The van der Waals surface area contributed by atoms with Crippen molar-refractivity contribution in [3.8, 4) is 12.3 Å². The quantitative estimate of drug-likeness (QED) is 0.537. The Bertz CT molecular complexity index is 235. The van der Waals surface area contributed by atoms with E-state index in [9.17, 15) is 0 Å². The van der Waals surface area contributed by atoms with Gasteiger partial charge in [0.15, 0.2) is 0 Å². The lowest BCUT2D eigenvalue weighted by Crippen LogP contribution is -1.95. The third kappa shape index (κ3) is 1.32. The molecule has 1 aromatic heterocycles. The van der Waals surface area contributed by atoms with Gasteiger partial charge in [-0.05, 0) is 13.0 Å². The summed E-state index contributed by atoms with van der Waals surface area (Å²) >= 11 is 0. The Hall–Kier alpha value is -1.36. The van der Waals surface area contributed by atoms with Crippen LogP contribution in [0.25, 0.3) is 0 Å². The summed E-state index contributed by atoms with van der Waals surface area (Å²) in [6.45, 7) is 1.90. The van der Waals surface area contributed by atoms with Crippen LogP contribution in [0.15, 0.2) is 18.5 Å². The van der Waals surface area contributed by atoms with Crippen molar-refractivity contribution in [3.05, 3.63) is 24.3 Å². The zero-order valence-electron chi connectivity index (χ0n) is 5.78. The molecule has 0 fully saturated rings. The molecule has 0 aliphatic heterocycles. The van der Waals surface area contributed by atoms with E-state index >= 15 is 0 Å². The van der Waals surface area contributed by atoms with Gasteiger partial charge in [-0.2, -0.15) is 0 Å². The van der Waals surface area contributed by atoms with Gasteiger partial charge in [0.2, 0.25) is 0 Å². The lowest BCUT2D eigenvalue weighted by Gasteiger charge is -1.98. The van der Waals surface area contributed by atoms with Crippen molar-refractivity contribution in [1.29, 1.82) is 0 Å². The number of hydrogen-bond donors (Lipinski definition) is 0. The van der Waals surface area contributed by atoms with E-state index in [0.717, 1.165) is 0 Å². The molecule has 0 N–H and O–H groups in total. The van der Waals surface area contributed by atoms with E-state index in [1.807, 2.05) is 6.92 Å². The molecule has 0 amide bonds. The fraction of sp³-hybridized carbons (Fsp3) is 0.250. The lowest BCUT2D eigenvalue weighted by atomic mass is 10.2. The molecule has 0 aromatic carbocycles. The van der Waals surface area contributed by atoms with Crippen LogP contribution in [0.2, 0.25) is 0 Å². The summed E-state index contributed by atoms with van der Waals surface area (Å²) in [5.74, 6) is 3.28. The summed E-state index contributed by atoms with van der Waals surface area (Å²) in [6, 6.07) is 1.77. The Labute approximate surface area is 60.3 Å². The second-order valence-electron chi connectivity index (χ2n) is 2.00. The van der Waals surface area contributed by atoms with Gasteiger partial charge in [0, 0.05) is 12.4 Å². The molecule has 0 saturated heterocycles. The fourth-order valence-electron chi connectivity index (χ4n) is 0.609. The number of aromatic nitrogens is 2. The smallest absolute Gasteiger partial charge is 0.142 e. The van der Waals surface area contributed by atoms with Crippen LogP contribution in [0.1, 0.15) is 18.7 Å². The molecule has 50 valence electrons. The van der Waals surface area contributed by atoms with Gasteiger partial charge in [0.05, 0.1) is 5.92 Å². The van der Waals surface area contributed by atoms with E-state index < -0.39 is 0 Å². The summed E-state index contributed by atoms with van der Waals surface area (Å²) in [4.78, 5) is 7.99. The fourth-order valence-corrected chi connectivity index (χ4v) is 0.609. The highest BCUT2D eigenvalue weighted by Crippen LogP contribution is 2.04. The Kier molecular flexibility index (Phi) is 2.01. The number of rotatable bonds is 1. The molecule has 0 bridgehead atoms. The Morgan fingerprint density at radius 2 is 2.10 bits per heavy atom. The maximum absolute atomic E-state index is 5.17. The van der Waals surface area contributed by atoms with Crippen LogP contribution in [0.4, 0.5) is 0 Å². The first-order chi connectivity index (χ1) is 4.84. The minimum atomic E-state index is 0.0150. The van der Waals surface area contributed by atoms with E-state index in [-0.39, 0.29) is 5.92 Å². The summed E-state index contributed by atoms with van der Waals surface area (Å²) in [5.41, 5.74) is 0. The molecule has 0 radical (unpaired) electrons. The monoisotopic (exact) mass is 132 g/mol. The molecule has 1 rings (SSSR count). The van der Waals surface area contributed by atoms with Crippen molar-refractivity contribution < 1.29 is 0 Å². The van der Waals surface area contributed by atoms with Crippen LogP contribution in [-0.2, 0) is 0 Å². The van der Waals surface area contributed by atoms with Crippen molar-refractivity contribution in [2.45, 2.75) is 12.8 Å². The summed E-state index contributed by atoms with van der Waals surface area (Å²) < 4.78 is 0. The van der Waals surface area contributed by atoms with Gasteiger partial charge < -0.3 is 0 Å². The number of terminal acetylenes is 1. The van der Waals surface area contributed by atoms with E-state index in [1.54, 1.807) is 18.5 Å². The van der Waals surface area contributed by atoms with Crippen LogP contribution >= 0.6 is 0 Å². The minimum absolute atomic E-state index is 0.0150. The Balaban J connectivity index is 2.88. The van der Waals surface area contributed by atoms with Gasteiger partial charge >= 0.3 is 0 Å². The van der Waals surface area contributed by atoms with Crippen LogP contribution in [0.3, 0.4) is 0 Å². The molecular formula is C8H8N2. The first-order valence-electron chi connectivity index (χ1n) is 3.07. The molecule has 0 spiro atoms. The summed E-state index contributed by atoms with van der Waals surface area (Å²) in [6.07, 6.45) is 8.56. The van der Waals surface area contributed by atoms with Crippen molar-refractivity contribution >= 4 is 0 Å². The van der Waals surface area contributed by atoms with Crippen LogP contribution < -0.4 is 0 Å². The maximum Gasteiger partial charge on any atom is 0.142 e. The van der Waals surface area contributed by atoms with E-state index in [1.165, 1.54) is 0 Å². The SMILES string of the molecule is C#CC(C)c1ncccn1. The van der Waals surface area contributed by atoms with Crippen LogP contribution in [-0.4, -0.2) is 9.97 Å². The Morgan fingerprint density at radius 3 is 2.60 bits per heavy atom. The molecule has 1 heterocycles. The zero-order valence-corrected chi connectivity index (χ0v) is 5.78. The van der Waals surface area contributed by atoms with Gasteiger partial charge in [-0.25, -0.2) is 9.97 Å². The molecular weight excluding hydrogens is 124 g/mol. The molecule has 0 aliphatic rings. The highest BCUT2D eigenvalue weighted by atomic mass is 14.9. The zero-order chi connectivity index (χ0) is 7.40. The average molecular weight is 132 g/mol. The summed E-state index contributed by atoms with van der Waals surface area (Å²) in [5, 5.41) is 0. The molecule has 2 heteroatoms.